The predicted octanol–water partition coefficient (Wildman–Crippen LogP) is -1.19. The van der Waals surface area contributed by atoms with E-state index in [4.69, 9.17) is 0 Å². The van der Waals surface area contributed by atoms with Gasteiger partial charge in [-0.3, -0.25) is 15.0 Å². The molecule has 1 aliphatic heterocycles. The van der Waals surface area contributed by atoms with Crippen LogP contribution < -0.4 is 11.0 Å². The van der Waals surface area contributed by atoms with Crippen molar-refractivity contribution >= 4 is 17.7 Å². The number of hydrogen-bond acceptors (Lipinski definition) is 5. The number of carbonyl (C=O) groups is 1. The lowest BCUT2D eigenvalue weighted by Crippen LogP contribution is -2.39. The molecule has 1 amide bonds. The Balaban J connectivity index is 2.57. The van der Waals surface area contributed by atoms with E-state index in [1.54, 1.807) is 0 Å². The highest BCUT2D eigenvalue weighted by Crippen LogP contribution is 2.14. The summed E-state index contributed by atoms with van der Waals surface area (Å²) >= 11 is 1.19. The Morgan fingerprint density at radius 3 is 3.25 bits per heavy atom. The van der Waals surface area contributed by atoms with Crippen LogP contribution in [0.2, 0.25) is 0 Å². The average Bonchev–Trinajstić information content (AvgIpc) is 2.07. The van der Waals surface area contributed by atoms with E-state index in [1.165, 1.54) is 11.8 Å². The molecule has 0 aliphatic carbocycles. The summed E-state index contributed by atoms with van der Waals surface area (Å²) in [5.41, 5.74) is 2.00. The highest BCUT2D eigenvalue weighted by molar-refractivity contribution is 7.99. The minimum atomic E-state index is -0.374. The van der Waals surface area contributed by atoms with Gasteiger partial charge in [0.05, 0.1) is 5.75 Å². The van der Waals surface area contributed by atoms with Crippen LogP contribution in [-0.2, 0) is 4.79 Å². The number of nitrogens with one attached hydrogen (secondary N) is 1. The predicted molar refractivity (Wildman–Crippen MR) is 41.4 cm³/mol. The highest BCUT2D eigenvalue weighted by Gasteiger charge is 2.16. The second kappa shape index (κ2) is 2.59. The molecule has 12 heavy (non-hydrogen) atoms. The number of amides is 1. The summed E-state index contributed by atoms with van der Waals surface area (Å²) in [6.45, 7) is 0. The molecule has 0 spiro atoms. The Bertz CT molecular complexity index is 387. The van der Waals surface area contributed by atoms with E-state index in [1.807, 2.05) is 0 Å². The maximum atomic E-state index is 11.0. The standard InChI is InChI=1S/C5H4N4O2S/c10-3-2-12-5-7-6-1-4(11)9(5)8-3/h1H,2H2,(H,8,10). The normalized spacial score (nSPS) is 15.2. The van der Waals surface area contributed by atoms with Crippen LogP contribution >= 0.6 is 11.8 Å². The van der Waals surface area contributed by atoms with Gasteiger partial charge in [-0.15, -0.1) is 5.10 Å². The van der Waals surface area contributed by atoms with Crippen molar-refractivity contribution in [3.05, 3.63) is 16.6 Å². The third-order valence-corrected chi connectivity index (χ3v) is 2.22. The molecule has 0 radical (unpaired) electrons. The molecule has 1 N–H and O–H groups in total. The molecule has 6 nitrogen and oxygen atoms in total. The van der Waals surface area contributed by atoms with Gasteiger partial charge in [0.15, 0.2) is 0 Å². The summed E-state index contributed by atoms with van der Waals surface area (Å²) in [6, 6.07) is 0. The Morgan fingerprint density at radius 2 is 2.42 bits per heavy atom. The third kappa shape index (κ3) is 1.07. The summed E-state index contributed by atoms with van der Waals surface area (Å²) in [4.78, 5) is 21.9. The van der Waals surface area contributed by atoms with Crippen molar-refractivity contribution < 1.29 is 4.79 Å². The number of carbonyl (C=O) groups excluding carboxylic acids is 1. The van der Waals surface area contributed by atoms with E-state index in [0.29, 0.717) is 5.16 Å². The highest BCUT2D eigenvalue weighted by atomic mass is 32.2. The topological polar surface area (TPSA) is 76.9 Å². The lowest BCUT2D eigenvalue weighted by atomic mass is 10.7. The van der Waals surface area contributed by atoms with Crippen molar-refractivity contribution in [2.75, 3.05) is 11.2 Å². The summed E-state index contributed by atoms with van der Waals surface area (Å²) < 4.78 is 1.09. The quantitative estimate of drug-likeness (QED) is 0.549. The van der Waals surface area contributed by atoms with Gasteiger partial charge in [-0.1, -0.05) is 11.8 Å². The van der Waals surface area contributed by atoms with Crippen LogP contribution in [0.3, 0.4) is 0 Å². The van der Waals surface area contributed by atoms with Crippen molar-refractivity contribution in [1.29, 1.82) is 0 Å². The summed E-state index contributed by atoms with van der Waals surface area (Å²) in [7, 11) is 0. The van der Waals surface area contributed by atoms with E-state index >= 15 is 0 Å². The van der Waals surface area contributed by atoms with E-state index in [0.717, 1.165) is 10.9 Å². The molecule has 1 aromatic rings. The van der Waals surface area contributed by atoms with Crippen LogP contribution in [0.1, 0.15) is 0 Å². The number of hydrogen-bond donors (Lipinski definition) is 1. The number of nitrogens with zero attached hydrogens (tertiary/aromatic N) is 3. The van der Waals surface area contributed by atoms with E-state index in [-0.39, 0.29) is 17.2 Å². The Labute approximate surface area is 71.0 Å². The van der Waals surface area contributed by atoms with Crippen LogP contribution in [-0.4, -0.2) is 26.5 Å². The zero-order chi connectivity index (χ0) is 8.55. The Hall–Kier alpha value is -1.37. The molecule has 2 heterocycles. The van der Waals surface area contributed by atoms with Gasteiger partial charge in [0.25, 0.3) is 5.56 Å². The van der Waals surface area contributed by atoms with Crippen molar-refractivity contribution in [2.24, 2.45) is 0 Å². The van der Waals surface area contributed by atoms with Crippen LogP contribution in [0.25, 0.3) is 0 Å². The first-order chi connectivity index (χ1) is 5.77. The fourth-order valence-electron chi connectivity index (χ4n) is 0.808. The van der Waals surface area contributed by atoms with Gasteiger partial charge in [-0.05, 0) is 0 Å². The van der Waals surface area contributed by atoms with Crippen molar-refractivity contribution in [1.82, 2.24) is 14.9 Å². The molecule has 0 saturated carbocycles. The molecule has 0 aromatic carbocycles. The van der Waals surface area contributed by atoms with E-state index in [9.17, 15) is 9.59 Å². The molecule has 2 rings (SSSR count). The molecular weight excluding hydrogens is 180 g/mol. The maximum absolute atomic E-state index is 11.0. The SMILES string of the molecule is O=C1CSc2nncc(=O)n2N1. The van der Waals surface area contributed by atoms with Crippen molar-refractivity contribution in [3.63, 3.8) is 0 Å². The molecule has 0 bridgehead atoms. The van der Waals surface area contributed by atoms with Gasteiger partial charge >= 0.3 is 0 Å². The zero-order valence-electron chi connectivity index (χ0n) is 5.85. The average molecular weight is 184 g/mol. The van der Waals surface area contributed by atoms with Gasteiger partial charge < -0.3 is 0 Å². The second-order valence-corrected chi connectivity index (χ2v) is 3.07. The van der Waals surface area contributed by atoms with Crippen LogP contribution in [0.5, 0.6) is 0 Å². The van der Waals surface area contributed by atoms with Gasteiger partial charge in [-0.2, -0.15) is 9.77 Å². The van der Waals surface area contributed by atoms with Crippen LogP contribution in [0, 0.1) is 0 Å². The zero-order valence-corrected chi connectivity index (χ0v) is 6.67. The Kier molecular flexibility index (Phi) is 1.58. The molecule has 7 heteroatoms. The van der Waals surface area contributed by atoms with Crippen molar-refractivity contribution in [3.8, 4) is 0 Å². The molecular formula is C5H4N4O2S. The largest absolute Gasteiger partial charge is 0.291 e. The number of rotatable bonds is 0. The molecule has 1 aliphatic rings. The smallest absolute Gasteiger partial charge is 0.272 e. The number of aromatic nitrogens is 3. The molecule has 0 unspecified atom stereocenters. The molecule has 0 fully saturated rings. The van der Waals surface area contributed by atoms with E-state index in [2.05, 4.69) is 15.6 Å². The third-order valence-electron chi connectivity index (χ3n) is 1.29. The Morgan fingerprint density at radius 1 is 1.58 bits per heavy atom. The van der Waals surface area contributed by atoms with Gasteiger partial charge in [0, 0.05) is 0 Å². The van der Waals surface area contributed by atoms with Gasteiger partial charge in [-0.25, -0.2) is 0 Å². The second-order valence-electron chi connectivity index (χ2n) is 2.12. The summed E-state index contributed by atoms with van der Waals surface area (Å²) in [6.07, 6.45) is 1.05. The van der Waals surface area contributed by atoms with Crippen LogP contribution in [0.4, 0.5) is 0 Å². The monoisotopic (exact) mass is 184 g/mol. The molecule has 0 atom stereocenters. The fraction of sp³-hybridized carbons (Fsp3) is 0.200. The first-order valence-corrected chi connectivity index (χ1v) is 4.13. The fourth-order valence-corrected chi connectivity index (χ4v) is 1.50. The minimum absolute atomic E-state index is 0.206. The first-order valence-electron chi connectivity index (χ1n) is 3.15. The number of fused-ring (bicyclic) bond motifs is 1. The number of thioether (sulfide) groups is 1. The molecule has 62 valence electrons. The lowest BCUT2D eigenvalue weighted by Gasteiger charge is -2.14. The van der Waals surface area contributed by atoms with Crippen LogP contribution in [0.15, 0.2) is 16.1 Å². The molecule has 1 aromatic heterocycles. The van der Waals surface area contributed by atoms with Crippen molar-refractivity contribution in [2.45, 2.75) is 5.16 Å². The molecule has 0 saturated heterocycles. The van der Waals surface area contributed by atoms with E-state index < -0.39 is 0 Å². The first kappa shape index (κ1) is 7.29. The lowest BCUT2D eigenvalue weighted by molar-refractivity contribution is -0.115. The van der Waals surface area contributed by atoms with Gasteiger partial charge in [0.2, 0.25) is 11.1 Å². The maximum Gasteiger partial charge on any atom is 0.291 e. The van der Waals surface area contributed by atoms with Gasteiger partial charge in [0.1, 0.15) is 6.20 Å². The summed E-state index contributed by atoms with van der Waals surface area (Å²) in [5.74, 6) is 0.0700. The summed E-state index contributed by atoms with van der Waals surface area (Å²) in [5, 5.41) is 7.56. The minimum Gasteiger partial charge on any atom is -0.272 e.